The largest absolute Gasteiger partial charge is 0.248 e. The second kappa shape index (κ2) is 6.92. The summed E-state index contributed by atoms with van der Waals surface area (Å²) < 4.78 is 14.2. The van der Waals surface area contributed by atoms with Crippen molar-refractivity contribution in [3.8, 4) is 0 Å². The Bertz CT molecular complexity index is 269. The van der Waals surface area contributed by atoms with Crippen LogP contribution in [0.2, 0.25) is 0 Å². The predicted octanol–water partition coefficient (Wildman–Crippen LogP) is 2.34. The first-order valence-corrected chi connectivity index (χ1v) is 6.04. The molecule has 0 fully saturated rings. The first kappa shape index (κ1) is 15.0. The third kappa shape index (κ3) is 4.90. The van der Waals surface area contributed by atoms with E-state index < -0.39 is 9.71 Å². The summed E-state index contributed by atoms with van der Waals surface area (Å²) in [5, 5.41) is 0. The third-order valence-electron chi connectivity index (χ3n) is 1.36. The standard InChI is InChI=1S/C8H15NOS.C2H6/c1-6-8(7(2)3)11(5,10)9-4;1-2/h6H,1,5H2,2-4H3,(H,9,10);1-2H3. The van der Waals surface area contributed by atoms with E-state index in [1.165, 1.54) is 0 Å². The van der Waals surface area contributed by atoms with Crippen LogP contribution in [-0.2, 0) is 9.71 Å². The van der Waals surface area contributed by atoms with Gasteiger partial charge in [-0.3, -0.25) is 0 Å². The molecule has 3 heteroatoms. The molecule has 0 amide bonds. The zero-order valence-corrected chi connectivity index (χ0v) is 10.1. The molecule has 0 aliphatic heterocycles. The van der Waals surface area contributed by atoms with Crippen LogP contribution >= 0.6 is 0 Å². The minimum atomic E-state index is -2.30. The van der Waals surface area contributed by atoms with E-state index >= 15 is 0 Å². The third-order valence-corrected chi connectivity index (χ3v) is 3.31. The van der Waals surface area contributed by atoms with Crippen molar-refractivity contribution in [3.05, 3.63) is 23.1 Å². The summed E-state index contributed by atoms with van der Waals surface area (Å²) in [6.45, 7) is 11.4. The van der Waals surface area contributed by atoms with Crippen LogP contribution in [0.1, 0.15) is 27.7 Å². The van der Waals surface area contributed by atoms with Crippen LogP contribution in [0.5, 0.6) is 0 Å². The fourth-order valence-electron chi connectivity index (χ4n) is 0.778. The van der Waals surface area contributed by atoms with Crippen LogP contribution in [0.3, 0.4) is 0 Å². The van der Waals surface area contributed by atoms with Crippen LogP contribution in [0.4, 0.5) is 0 Å². The molecule has 0 rings (SSSR count). The quantitative estimate of drug-likeness (QED) is 0.553. The van der Waals surface area contributed by atoms with Gasteiger partial charge >= 0.3 is 0 Å². The van der Waals surface area contributed by atoms with Gasteiger partial charge in [0.15, 0.2) is 0 Å². The van der Waals surface area contributed by atoms with Crippen molar-refractivity contribution in [2.45, 2.75) is 27.7 Å². The molecule has 0 aromatic heterocycles. The molecule has 0 saturated heterocycles. The number of rotatable bonds is 3. The summed E-state index contributed by atoms with van der Waals surface area (Å²) in [5.41, 5.74) is 0.981. The second-order valence-electron chi connectivity index (χ2n) is 2.45. The molecule has 0 aromatic rings. The van der Waals surface area contributed by atoms with Crippen LogP contribution in [0.25, 0.3) is 0 Å². The molecule has 0 aliphatic carbocycles. The van der Waals surface area contributed by atoms with Crippen molar-refractivity contribution in [1.82, 2.24) is 4.72 Å². The summed E-state index contributed by atoms with van der Waals surface area (Å²) in [4.78, 5) is 0.694. The number of hydrogen-bond acceptors (Lipinski definition) is 1. The first-order chi connectivity index (χ1) is 5.95. The molecule has 0 radical (unpaired) electrons. The molecule has 0 spiro atoms. The Morgan fingerprint density at radius 3 is 1.85 bits per heavy atom. The fourth-order valence-corrected chi connectivity index (χ4v) is 1.93. The van der Waals surface area contributed by atoms with Crippen LogP contribution in [-0.4, -0.2) is 17.1 Å². The van der Waals surface area contributed by atoms with E-state index in [0.717, 1.165) is 5.57 Å². The monoisotopic (exact) mass is 203 g/mol. The zero-order valence-electron chi connectivity index (χ0n) is 9.31. The maximum atomic E-state index is 11.6. The Morgan fingerprint density at radius 1 is 1.38 bits per heavy atom. The minimum absolute atomic E-state index is 0.694. The Hall–Kier alpha value is -0.540. The first-order valence-electron chi connectivity index (χ1n) is 4.31. The fraction of sp³-hybridized carbons (Fsp3) is 0.500. The lowest BCUT2D eigenvalue weighted by molar-refractivity contribution is 0.680. The van der Waals surface area contributed by atoms with E-state index in [0.29, 0.717) is 4.91 Å². The highest BCUT2D eigenvalue weighted by molar-refractivity contribution is 8.02. The van der Waals surface area contributed by atoms with Crippen LogP contribution in [0.15, 0.2) is 23.1 Å². The molecule has 13 heavy (non-hydrogen) atoms. The van der Waals surface area contributed by atoms with Crippen molar-refractivity contribution < 1.29 is 4.21 Å². The van der Waals surface area contributed by atoms with Gasteiger partial charge in [-0.1, -0.05) is 32.1 Å². The molecular formula is C10H21NOS. The highest BCUT2D eigenvalue weighted by Gasteiger charge is 2.05. The topological polar surface area (TPSA) is 29.1 Å². The van der Waals surface area contributed by atoms with Crippen molar-refractivity contribution in [1.29, 1.82) is 0 Å². The summed E-state index contributed by atoms with van der Waals surface area (Å²) in [5.74, 6) is 3.57. The summed E-state index contributed by atoms with van der Waals surface area (Å²) >= 11 is 0. The number of hydrogen-bond donors (Lipinski definition) is 1. The lowest BCUT2D eigenvalue weighted by atomic mass is 10.3. The Labute approximate surface area is 82.9 Å². The Morgan fingerprint density at radius 2 is 1.77 bits per heavy atom. The van der Waals surface area contributed by atoms with Gasteiger partial charge in [0.25, 0.3) is 0 Å². The predicted molar refractivity (Wildman–Crippen MR) is 64.2 cm³/mol. The summed E-state index contributed by atoms with van der Waals surface area (Å²) in [6, 6.07) is 0. The highest BCUT2D eigenvalue weighted by atomic mass is 32.2. The molecule has 1 unspecified atom stereocenters. The van der Waals surface area contributed by atoms with Gasteiger partial charge in [-0.05, 0) is 26.8 Å². The highest BCUT2D eigenvalue weighted by Crippen LogP contribution is 2.10. The molecule has 2 nitrogen and oxygen atoms in total. The Kier molecular flexibility index (Phi) is 7.96. The van der Waals surface area contributed by atoms with Gasteiger partial charge in [0.2, 0.25) is 0 Å². The van der Waals surface area contributed by atoms with Crippen molar-refractivity contribution in [3.63, 3.8) is 0 Å². The average Bonchev–Trinajstić information content (AvgIpc) is 2.08. The van der Waals surface area contributed by atoms with E-state index in [-0.39, 0.29) is 0 Å². The van der Waals surface area contributed by atoms with Gasteiger partial charge in [-0.15, -0.1) is 0 Å². The normalized spacial score (nSPS) is 13.3. The van der Waals surface area contributed by atoms with E-state index in [1.54, 1.807) is 13.1 Å². The molecule has 78 valence electrons. The zero-order chi connectivity index (χ0) is 11.1. The average molecular weight is 203 g/mol. The summed E-state index contributed by atoms with van der Waals surface area (Å²) in [7, 11) is -0.671. The van der Waals surface area contributed by atoms with Crippen LogP contribution in [0, 0.1) is 0 Å². The van der Waals surface area contributed by atoms with Gasteiger partial charge in [0, 0.05) is 4.91 Å². The number of allylic oxidation sites excluding steroid dienone is 2. The number of nitrogens with one attached hydrogen (secondary N) is 1. The molecule has 1 atom stereocenters. The van der Waals surface area contributed by atoms with E-state index in [1.807, 2.05) is 27.7 Å². The van der Waals surface area contributed by atoms with Crippen molar-refractivity contribution >= 4 is 15.6 Å². The molecule has 1 N–H and O–H groups in total. The summed E-state index contributed by atoms with van der Waals surface area (Å²) in [6.07, 6.45) is 1.58. The van der Waals surface area contributed by atoms with E-state index in [4.69, 9.17) is 0 Å². The maximum Gasteiger partial charge on any atom is 0.0529 e. The van der Waals surface area contributed by atoms with Gasteiger partial charge in [0.1, 0.15) is 0 Å². The van der Waals surface area contributed by atoms with Crippen molar-refractivity contribution in [2.24, 2.45) is 0 Å². The molecule has 0 heterocycles. The molecule has 0 aromatic carbocycles. The van der Waals surface area contributed by atoms with E-state index in [2.05, 4.69) is 17.2 Å². The SMILES string of the molecule is C=CC(=C(C)C)S(=C)(=O)NC.CC. The lowest BCUT2D eigenvalue weighted by Crippen LogP contribution is -2.19. The smallest absolute Gasteiger partial charge is 0.0529 e. The van der Waals surface area contributed by atoms with Crippen LogP contribution < -0.4 is 4.72 Å². The Balaban J connectivity index is 0. The minimum Gasteiger partial charge on any atom is -0.248 e. The van der Waals surface area contributed by atoms with Gasteiger partial charge in [-0.2, -0.15) is 0 Å². The molecular weight excluding hydrogens is 182 g/mol. The molecule has 0 aliphatic rings. The van der Waals surface area contributed by atoms with E-state index in [9.17, 15) is 4.21 Å². The molecule has 0 saturated carbocycles. The second-order valence-corrected chi connectivity index (χ2v) is 4.65. The van der Waals surface area contributed by atoms with Gasteiger partial charge in [0.05, 0.1) is 9.71 Å². The van der Waals surface area contributed by atoms with Crippen molar-refractivity contribution in [2.75, 3.05) is 7.05 Å². The molecule has 0 bridgehead atoms. The van der Waals surface area contributed by atoms with Gasteiger partial charge < -0.3 is 0 Å². The lowest BCUT2D eigenvalue weighted by Gasteiger charge is -2.09. The maximum absolute atomic E-state index is 11.6. The van der Waals surface area contributed by atoms with Gasteiger partial charge in [-0.25, -0.2) is 8.93 Å².